The second-order valence-electron chi connectivity index (χ2n) is 8.96. The zero-order valence-corrected chi connectivity index (χ0v) is 20.5. The van der Waals surface area contributed by atoms with Gasteiger partial charge in [-0.15, -0.1) is 0 Å². The summed E-state index contributed by atoms with van der Waals surface area (Å²) in [5.74, 6) is 0.406. The van der Waals surface area contributed by atoms with E-state index in [1.165, 1.54) is 12.5 Å². The monoisotopic (exact) mass is 479 g/mol. The molecule has 3 atom stereocenters. The molecule has 3 rings (SSSR count). The second kappa shape index (κ2) is 10.1. The van der Waals surface area contributed by atoms with Gasteiger partial charge in [0.1, 0.15) is 11.9 Å². The van der Waals surface area contributed by atoms with Crippen molar-refractivity contribution in [3.63, 3.8) is 0 Å². The molecule has 33 heavy (non-hydrogen) atoms. The maximum atomic E-state index is 13.2. The van der Waals surface area contributed by atoms with Gasteiger partial charge in [-0.2, -0.15) is 8.42 Å². The van der Waals surface area contributed by atoms with Crippen LogP contribution in [-0.4, -0.2) is 84.7 Å². The van der Waals surface area contributed by atoms with E-state index in [1.54, 1.807) is 34.7 Å². The fraction of sp³-hybridized carbons (Fsp3) is 0.545. The lowest BCUT2D eigenvalue weighted by atomic mass is 10.0. The first kappa shape index (κ1) is 25.0. The quantitative estimate of drug-likeness (QED) is 0.607. The summed E-state index contributed by atoms with van der Waals surface area (Å²) in [7, 11) is 1.72. The van der Waals surface area contributed by atoms with Gasteiger partial charge in [0.15, 0.2) is 5.03 Å². The van der Waals surface area contributed by atoms with E-state index in [1.807, 2.05) is 32.8 Å². The third kappa shape index (κ3) is 6.04. The summed E-state index contributed by atoms with van der Waals surface area (Å²) in [6, 6.07) is 4.59. The van der Waals surface area contributed by atoms with Crippen LogP contribution in [0.2, 0.25) is 0 Å². The van der Waals surface area contributed by atoms with E-state index in [4.69, 9.17) is 4.74 Å². The fourth-order valence-corrected chi connectivity index (χ4v) is 4.84. The Labute approximate surface area is 195 Å². The number of likely N-dealkylation sites (N-methyl/N-ethyl adjacent to an activating group) is 1. The Morgan fingerprint density at radius 2 is 2.09 bits per heavy atom. The SMILES string of the molecule is C[C@@H]1CN([C@@H](C)CO)C(=O)Cc2cc(NS(=O)(=O)c3cn(C)cn3)ccc2O[C@@H]1CN(C)C. The highest BCUT2D eigenvalue weighted by Gasteiger charge is 2.31. The number of aliphatic hydroxyl groups is 1. The molecule has 2 N–H and O–H groups in total. The first-order chi connectivity index (χ1) is 15.5. The Balaban J connectivity index is 1.97. The van der Waals surface area contributed by atoms with Gasteiger partial charge in [-0.3, -0.25) is 9.52 Å². The smallest absolute Gasteiger partial charge is 0.280 e. The third-order valence-electron chi connectivity index (χ3n) is 5.67. The molecule has 10 nitrogen and oxygen atoms in total. The lowest BCUT2D eigenvalue weighted by Gasteiger charge is -2.33. The second-order valence-corrected chi connectivity index (χ2v) is 10.6. The number of hydrogen-bond donors (Lipinski definition) is 2. The molecule has 182 valence electrons. The molecule has 0 bridgehead atoms. The molecule has 1 amide bonds. The molecule has 0 fully saturated rings. The van der Waals surface area contributed by atoms with E-state index in [0.717, 1.165) is 0 Å². The highest BCUT2D eigenvalue weighted by Crippen LogP contribution is 2.30. The average Bonchev–Trinajstić information content (AvgIpc) is 3.19. The summed E-state index contributed by atoms with van der Waals surface area (Å²) in [5.41, 5.74) is 0.892. The molecule has 2 heterocycles. The number of sulfonamides is 1. The first-order valence-corrected chi connectivity index (χ1v) is 12.3. The van der Waals surface area contributed by atoms with E-state index in [0.29, 0.717) is 30.1 Å². The number of nitrogens with one attached hydrogen (secondary N) is 1. The fourth-order valence-electron chi connectivity index (χ4n) is 3.81. The summed E-state index contributed by atoms with van der Waals surface area (Å²) in [6.07, 6.45) is 2.65. The molecule has 0 radical (unpaired) electrons. The molecule has 1 aromatic carbocycles. The lowest BCUT2D eigenvalue weighted by molar-refractivity contribution is -0.134. The minimum absolute atomic E-state index is 0.0126. The summed E-state index contributed by atoms with van der Waals surface area (Å²) < 4.78 is 35.8. The van der Waals surface area contributed by atoms with Gasteiger partial charge in [0.2, 0.25) is 5.91 Å². The molecule has 0 saturated heterocycles. The third-order valence-corrected chi connectivity index (χ3v) is 6.94. The number of aryl methyl sites for hydroxylation is 1. The van der Waals surface area contributed by atoms with Crippen molar-refractivity contribution in [3.05, 3.63) is 36.3 Å². The van der Waals surface area contributed by atoms with Gasteiger partial charge in [-0.25, -0.2) is 4.98 Å². The zero-order valence-electron chi connectivity index (χ0n) is 19.7. The average molecular weight is 480 g/mol. The summed E-state index contributed by atoms with van der Waals surface area (Å²) in [4.78, 5) is 20.8. The van der Waals surface area contributed by atoms with Crippen LogP contribution in [0.4, 0.5) is 5.69 Å². The predicted molar refractivity (Wildman–Crippen MR) is 125 cm³/mol. The van der Waals surface area contributed by atoms with Gasteiger partial charge in [0.05, 0.1) is 25.4 Å². The maximum absolute atomic E-state index is 13.2. The number of carbonyl (C=O) groups is 1. The Bertz CT molecular complexity index is 1080. The molecule has 2 aromatic rings. The number of rotatable bonds is 7. The molecule has 0 saturated carbocycles. The number of anilines is 1. The Morgan fingerprint density at radius 1 is 1.36 bits per heavy atom. The zero-order chi connectivity index (χ0) is 24.3. The number of aliphatic hydroxyl groups excluding tert-OH is 1. The highest BCUT2D eigenvalue weighted by atomic mass is 32.2. The van der Waals surface area contributed by atoms with Crippen molar-refractivity contribution < 1.29 is 23.1 Å². The van der Waals surface area contributed by atoms with Gasteiger partial charge in [-0.05, 0) is 39.2 Å². The largest absolute Gasteiger partial charge is 0.488 e. The number of amides is 1. The van der Waals surface area contributed by atoms with Gasteiger partial charge in [0, 0.05) is 43.5 Å². The summed E-state index contributed by atoms with van der Waals surface area (Å²) in [6.45, 7) is 4.78. The van der Waals surface area contributed by atoms with Crippen LogP contribution >= 0.6 is 0 Å². The molecule has 0 aliphatic carbocycles. The normalized spacial score (nSPS) is 20.5. The van der Waals surface area contributed by atoms with Crippen LogP contribution in [0.15, 0.2) is 35.7 Å². The van der Waals surface area contributed by atoms with Crippen molar-refractivity contribution in [1.29, 1.82) is 0 Å². The van der Waals surface area contributed by atoms with Gasteiger partial charge in [-0.1, -0.05) is 6.92 Å². The Morgan fingerprint density at radius 3 is 2.70 bits per heavy atom. The van der Waals surface area contributed by atoms with E-state index < -0.39 is 10.0 Å². The van der Waals surface area contributed by atoms with E-state index in [9.17, 15) is 18.3 Å². The number of benzene rings is 1. The number of ether oxygens (including phenoxy) is 1. The van der Waals surface area contributed by atoms with Crippen LogP contribution in [-0.2, 0) is 28.3 Å². The molecular weight excluding hydrogens is 446 g/mol. The predicted octanol–water partition coefficient (Wildman–Crippen LogP) is 0.932. The van der Waals surface area contributed by atoms with Crippen molar-refractivity contribution in [2.45, 2.75) is 37.4 Å². The summed E-state index contributed by atoms with van der Waals surface area (Å²) >= 11 is 0. The van der Waals surface area contributed by atoms with Crippen molar-refractivity contribution >= 4 is 21.6 Å². The molecule has 0 spiro atoms. The van der Waals surface area contributed by atoms with E-state index in [-0.39, 0.29) is 42.0 Å². The number of hydrogen-bond acceptors (Lipinski definition) is 7. The standard InChI is InChI=1S/C22H33N5O5S/c1-15-10-27(16(2)13-28)22(29)9-17-8-18(6-7-19(17)32-20(15)11-25(3)4)24-33(30,31)21-12-26(5)14-23-21/h6-8,12,14-16,20,24,28H,9-11,13H2,1-5H3/t15-,16+,20-/m1/s1. The van der Waals surface area contributed by atoms with Crippen LogP contribution in [0.25, 0.3) is 0 Å². The molecule has 11 heteroatoms. The van der Waals surface area contributed by atoms with Crippen molar-refractivity contribution in [2.75, 3.05) is 38.5 Å². The number of nitrogens with zero attached hydrogens (tertiary/aromatic N) is 4. The molecule has 1 aliphatic rings. The van der Waals surface area contributed by atoms with Crippen molar-refractivity contribution in [3.8, 4) is 5.75 Å². The number of aromatic nitrogens is 2. The van der Waals surface area contributed by atoms with Crippen LogP contribution in [0.5, 0.6) is 5.75 Å². The lowest BCUT2D eigenvalue weighted by Crippen LogP contribution is -2.47. The van der Waals surface area contributed by atoms with Crippen LogP contribution in [0, 0.1) is 5.92 Å². The number of imidazole rings is 1. The first-order valence-electron chi connectivity index (χ1n) is 10.9. The number of fused-ring (bicyclic) bond motifs is 1. The minimum atomic E-state index is -3.88. The van der Waals surface area contributed by atoms with Crippen LogP contribution in [0.1, 0.15) is 19.4 Å². The minimum Gasteiger partial charge on any atom is -0.488 e. The molecule has 0 unspecified atom stereocenters. The molecule has 1 aliphatic heterocycles. The highest BCUT2D eigenvalue weighted by molar-refractivity contribution is 7.92. The van der Waals surface area contributed by atoms with Crippen LogP contribution in [0.3, 0.4) is 0 Å². The van der Waals surface area contributed by atoms with E-state index in [2.05, 4.69) is 9.71 Å². The van der Waals surface area contributed by atoms with Gasteiger partial charge < -0.3 is 24.2 Å². The Kier molecular flexibility index (Phi) is 7.65. The van der Waals surface area contributed by atoms with E-state index >= 15 is 0 Å². The summed E-state index contributed by atoms with van der Waals surface area (Å²) in [5, 5.41) is 9.60. The van der Waals surface area contributed by atoms with Crippen molar-refractivity contribution in [2.24, 2.45) is 13.0 Å². The van der Waals surface area contributed by atoms with Crippen molar-refractivity contribution in [1.82, 2.24) is 19.4 Å². The maximum Gasteiger partial charge on any atom is 0.280 e. The Hall–Kier alpha value is -2.63. The van der Waals surface area contributed by atoms with Gasteiger partial charge >= 0.3 is 0 Å². The van der Waals surface area contributed by atoms with Gasteiger partial charge in [0.25, 0.3) is 10.0 Å². The topological polar surface area (TPSA) is 117 Å². The molecular formula is C22H33N5O5S. The molecule has 1 aromatic heterocycles. The van der Waals surface area contributed by atoms with Crippen LogP contribution < -0.4 is 9.46 Å². The number of carbonyl (C=O) groups excluding carboxylic acids is 1.